The van der Waals surface area contributed by atoms with Gasteiger partial charge in [0.15, 0.2) is 4.90 Å². The molecule has 1 amide bonds. The second-order valence-electron chi connectivity index (χ2n) is 9.83. The quantitative estimate of drug-likeness (QED) is 0.481. The first-order valence-corrected chi connectivity index (χ1v) is 13.7. The average Bonchev–Trinajstić information content (AvgIpc) is 3.10. The smallest absolute Gasteiger partial charge is 0.269 e. The number of anilines is 1. The zero-order chi connectivity index (χ0) is 27.0. The van der Waals surface area contributed by atoms with E-state index in [2.05, 4.69) is 35.4 Å². The Morgan fingerprint density at radius 2 is 2.00 bits per heavy atom. The van der Waals surface area contributed by atoms with Crippen molar-refractivity contribution in [3.8, 4) is 17.0 Å². The summed E-state index contributed by atoms with van der Waals surface area (Å²) in [7, 11) is -4.40. The predicted molar refractivity (Wildman–Crippen MR) is 142 cm³/mol. The number of amides is 1. The van der Waals surface area contributed by atoms with Crippen molar-refractivity contribution in [3.05, 3.63) is 70.1 Å². The minimum absolute atomic E-state index is 0.111. The lowest BCUT2D eigenvalue weighted by Gasteiger charge is -2.36. The van der Waals surface area contributed by atoms with Crippen LogP contribution in [0.5, 0.6) is 5.75 Å². The fourth-order valence-electron chi connectivity index (χ4n) is 4.60. The van der Waals surface area contributed by atoms with Gasteiger partial charge in [0.1, 0.15) is 11.6 Å². The van der Waals surface area contributed by atoms with E-state index in [-0.39, 0.29) is 11.1 Å². The Kier molecular flexibility index (Phi) is 7.14. The molecule has 0 aliphatic carbocycles. The number of nitrogens with zero attached hydrogens (tertiary/aromatic N) is 2. The highest BCUT2D eigenvalue weighted by Gasteiger charge is 2.41. The van der Waals surface area contributed by atoms with E-state index in [1.165, 1.54) is 12.3 Å². The highest BCUT2D eigenvalue weighted by Crippen LogP contribution is 2.39. The maximum Gasteiger partial charge on any atom is 0.269 e. The van der Waals surface area contributed by atoms with E-state index >= 15 is 0 Å². The number of pyridine rings is 2. The van der Waals surface area contributed by atoms with Gasteiger partial charge in [-0.15, -0.1) is 0 Å². The van der Waals surface area contributed by atoms with Crippen LogP contribution in [0, 0.1) is 12.8 Å². The first kappa shape index (κ1) is 26.4. The van der Waals surface area contributed by atoms with Crippen molar-refractivity contribution in [1.82, 2.24) is 14.7 Å². The number of H-pyrrole nitrogens is 1. The Hall–Kier alpha value is -3.66. The zero-order valence-electron chi connectivity index (χ0n) is 21.7. The van der Waals surface area contributed by atoms with Gasteiger partial charge in [-0.05, 0) is 88.1 Å². The third-order valence-electron chi connectivity index (χ3n) is 7.02. The maximum absolute atomic E-state index is 13.4. The molecular formula is C27H32N4O5S. The number of hydrogen-bond donors (Lipinski definition) is 2. The van der Waals surface area contributed by atoms with Gasteiger partial charge in [0, 0.05) is 23.8 Å². The molecular weight excluding hydrogens is 492 g/mol. The number of aromatic amines is 1. The Labute approximate surface area is 217 Å². The Bertz CT molecular complexity index is 1500. The van der Waals surface area contributed by atoms with E-state index in [1.807, 2.05) is 32.0 Å². The van der Waals surface area contributed by atoms with Crippen LogP contribution < -0.4 is 19.9 Å². The van der Waals surface area contributed by atoms with Crippen molar-refractivity contribution in [2.45, 2.75) is 51.5 Å². The summed E-state index contributed by atoms with van der Waals surface area (Å²) in [6, 6.07) is 11.6. The summed E-state index contributed by atoms with van der Waals surface area (Å²) in [4.78, 5) is 34.2. The number of nitrogens with one attached hydrogen (secondary N) is 2. The molecule has 37 heavy (non-hydrogen) atoms. The van der Waals surface area contributed by atoms with Gasteiger partial charge in [0.05, 0.1) is 17.9 Å². The number of rotatable bonds is 7. The SMILES string of the molecule is CCOc1cc(C)cc(-c2ccc(C(=O)NS(=O)(=O)c3ccc[nH]c3=O)c(N3CCC(C)C3(C)C)n2)c1. The van der Waals surface area contributed by atoms with Crippen LogP contribution in [0.25, 0.3) is 11.3 Å². The lowest BCUT2D eigenvalue weighted by molar-refractivity contribution is 0.0981. The van der Waals surface area contributed by atoms with Gasteiger partial charge >= 0.3 is 0 Å². The van der Waals surface area contributed by atoms with Crippen LogP contribution >= 0.6 is 0 Å². The number of sulfonamides is 1. The van der Waals surface area contributed by atoms with Crippen molar-refractivity contribution in [1.29, 1.82) is 0 Å². The molecule has 0 bridgehead atoms. The lowest BCUT2D eigenvalue weighted by atomic mass is 9.90. The Morgan fingerprint density at radius 3 is 2.65 bits per heavy atom. The molecule has 196 valence electrons. The Morgan fingerprint density at radius 1 is 1.24 bits per heavy atom. The molecule has 1 saturated heterocycles. The van der Waals surface area contributed by atoms with Gasteiger partial charge < -0.3 is 14.6 Å². The second-order valence-corrected chi connectivity index (χ2v) is 11.5. The minimum atomic E-state index is -4.40. The fourth-order valence-corrected chi connectivity index (χ4v) is 5.62. The highest BCUT2D eigenvalue weighted by molar-refractivity contribution is 7.90. The predicted octanol–water partition coefficient (Wildman–Crippen LogP) is 3.89. The molecule has 0 radical (unpaired) electrons. The molecule has 0 spiro atoms. The maximum atomic E-state index is 13.4. The van der Waals surface area contributed by atoms with Gasteiger partial charge in [-0.1, -0.05) is 6.92 Å². The highest BCUT2D eigenvalue weighted by atomic mass is 32.2. The van der Waals surface area contributed by atoms with Gasteiger partial charge in [0.2, 0.25) is 0 Å². The van der Waals surface area contributed by atoms with Crippen LogP contribution in [-0.2, 0) is 10.0 Å². The number of hydrogen-bond acceptors (Lipinski definition) is 7. The molecule has 9 nitrogen and oxygen atoms in total. The molecule has 1 fully saturated rings. The largest absolute Gasteiger partial charge is 0.494 e. The summed E-state index contributed by atoms with van der Waals surface area (Å²) in [5.74, 6) is 0.578. The molecule has 3 heterocycles. The van der Waals surface area contributed by atoms with E-state index < -0.39 is 26.4 Å². The van der Waals surface area contributed by atoms with Gasteiger partial charge in [-0.25, -0.2) is 18.1 Å². The second kappa shape index (κ2) is 10.0. The molecule has 10 heteroatoms. The zero-order valence-corrected chi connectivity index (χ0v) is 22.5. The monoisotopic (exact) mass is 524 g/mol. The molecule has 0 saturated carbocycles. The number of benzene rings is 1. The van der Waals surface area contributed by atoms with Crippen LogP contribution in [0.2, 0.25) is 0 Å². The van der Waals surface area contributed by atoms with Crippen molar-refractivity contribution in [3.63, 3.8) is 0 Å². The summed E-state index contributed by atoms with van der Waals surface area (Å²) in [5, 5.41) is 0. The van der Waals surface area contributed by atoms with E-state index in [9.17, 15) is 18.0 Å². The summed E-state index contributed by atoms with van der Waals surface area (Å²) in [5.41, 5.74) is 1.44. The van der Waals surface area contributed by atoms with Gasteiger partial charge in [-0.3, -0.25) is 9.59 Å². The van der Waals surface area contributed by atoms with Crippen LogP contribution in [0.4, 0.5) is 5.82 Å². The van der Waals surface area contributed by atoms with Crippen molar-refractivity contribution >= 4 is 21.7 Å². The molecule has 3 aromatic rings. The molecule has 4 rings (SSSR count). The first-order valence-electron chi connectivity index (χ1n) is 12.2. The summed E-state index contributed by atoms with van der Waals surface area (Å²) >= 11 is 0. The van der Waals surface area contributed by atoms with Crippen LogP contribution in [0.1, 0.15) is 50.0 Å². The van der Waals surface area contributed by atoms with Gasteiger partial charge in [0.25, 0.3) is 21.5 Å². The average molecular weight is 525 g/mol. The molecule has 1 aliphatic heterocycles. The van der Waals surface area contributed by atoms with Crippen molar-refractivity contribution in [2.24, 2.45) is 5.92 Å². The van der Waals surface area contributed by atoms with E-state index in [1.54, 1.807) is 12.1 Å². The number of carbonyl (C=O) groups is 1. The van der Waals surface area contributed by atoms with E-state index in [0.717, 1.165) is 29.4 Å². The third kappa shape index (κ3) is 5.24. The topological polar surface area (TPSA) is 121 Å². The summed E-state index contributed by atoms with van der Waals surface area (Å²) in [6.45, 7) is 11.4. The van der Waals surface area contributed by atoms with Crippen molar-refractivity contribution in [2.75, 3.05) is 18.1 Å². The van der Waals surface area contributed by atoms with Gasteiger partial charge in [-0.2, -0.15) is 0 Å². The Balaban J connectivity index is 1.80. The fraction of sp³-hybridized carbons (Fsp3) is 0.370. The normalized spacial score (nSPS) is 17.0. The molecule has 1 atom stereocenters. The minimum Gasteiger partial charge on any atom is -0.494 e. The summed E-state index contributed by atoms with van der Waals surface area (Å²) in [6.07, 6.45) is 2.22. The number of ether oxygens (including phenoxy) is 1. The number of aryl methyl sites for hydroxylation is 1. The standard InChI is InChI=1S/C27H32N4O5S/c1-6-36-20-15-17(2)14-19(16-20)22-10-9-21(24(29-22)31-13-11-18(3)27(31,4)5)25(32)30-37(34,35)23-8-7-12-28-26(23)33/h7-10,12,14-16,18H,6,11,13H2,1-5H3,(H,28,33)(H,30,32). The number of aromatic nitrogens is 2. The lowest BCUT2D eigenvalue weighted by Crippen LogP contribution is -2.44. The van der Waals surface area contributed by atoms with Crippen LogP contribution in [0.3, 0.4) is 0 Å². The molecule has 1 aliphatic rings. The summed E-state index contributed by atoms with van der Waals surface area (Å²) < 4.78 is 33.5. The molecule has 2 aromatic heterocycles. The molecule has 1 unspecified atom stereocenters. The number of carbonyl (C=O) groups excluding carboxylic acids is 1. The van der Waals surface area contributed by atoms with Crippen molar-refractivity contribution < 1.29 is 17.9 Å². The third-order valence-corrected chi connectivity index (χ3v) is 8.37. The molecule has 1 aromatic carbocycles. The first-order chi connectivity index (χ1) is 17.4. The molecule has 2 N–H and O–H groups in total. The van der Waals surface area contributed by atoms with E-state index in [4.69, 9.17) is 9.72 Å². The van der Waals surface area contributed by atoms with E-state index in [0.29, 0.717) is 30.6 Å². The van der Waals surface area contributed by atoms with Crippen LogP contribution in [-0.4, -0.2) is 43.0 Å². The van der Waals surface area contributed by atoms with Crippen LogP contribution in [0.15, 0.2) is 58.4 Å².